The van der Waals surface area contributed by atoms with Crippen molar-refractivity contribution in [2.75, 3.05) is 13.1 Å². The Bertz CT molecular complexity index is 1220. The molecule has 0 amide bonds. The van der Waals surface area contributed by atoms with Crippen molar-refractivity contribution in [1.29, 1.82) is 0 Å². The van der Waals surface area contributed by atoms with Gasteiger partial charge in [-0.3, -0.25) is 4.90 Å². The molecule has 3 heterocycles. The molecule has 0 saturated carbocycles. The fourth-order valence-corrected chi connectivity index (χ4v) is 5.03. The molecule has 0 fully saturated rings. The van der Waals surface area contributed by atoms with Gasteiger partial charge in [-0.05, 0) is 74.6 Å². The molecule has 1 aliphatic rings. The molecule has 1 aliphatic heterocycles. The third-order valence-corrected chi connectivity index (χ3v) is 6.87. The summed E-state index contributed by atoms with van der Waals surface area (Å²) in [6, 6.07) is 15.4. The number of aryl methyl sites for hydroxylation is 2. The maximum atomic E-state index is 6.05. The third-order valence-electron chi connectivity index (χ3n) is 6.06. The lowest BCUT2D eigenvalue weighted by atomic mass is 10.0. The molecular weight excluding hydrogens is 404 g/mol. The van der Waals surface area contributed by atoms with Gasteiger partial charge in [0.15, 0.2) is 0 Å². The minimum Gasteiger partial charge on any atom is -0.439 e. The molecule has 31 heavy (non-hydrogen) atoms. The minimum atomic E-state index is 0.364. The van der Waals surface area contributed by atoms with Gasteiger partial charge in [-0.15, -0.1) is 11.3 Å². The van der Waals surface area contributed by atoms with Gasteiger partial charge in [0.25, 0.3) is 0 Å². The third kappa shape index (κ3) is 4.31. The largest absolute Gasteiger partial charge is 0.439 e. The maximum absolute atomic E-state index is 6.05. The summed E-state index contributed by atoms with van der Waals surface area (Å²) in [5.41, 5.74) is 8.05. The van der Waals surface area contributed by atoms with E-state index >= 15 is 0 Å². The molecule has 0 bridgehead atoms. The maximum Gasteiger partial charge on any atom is 0.222 e. The van der Waals surface area contributed by atoms with Gasteiger partial charge < -0.3 is 4.74 Å². The van der Waals surface area contributed by atoms with Crippen LogP contribution in [0, 0.1) is 13.8 Å². The number of ether oxygens (including phenoxy) is 1. The van der Waals surface area contributed by atoms with Gasteiger partial charge >= 0.3 is 0 Å². The molecule has 0 spiro atoms. The quantitative estimate of drug-likeness (QED) is 0.418. The normalized spacial score (nSPS) is 15.5. The van der Waals surface area contributed by atoms with E-state index < -0.39 is 0 Å². The number of rotatable bonds is 4. The second-order valence-corrected chi connectivity index (χ2v) is 9.11. The van der Waals surface area contributed by atoms with Gasteiger partial charge in [0.2, 0.25) is 5.88 Å². The Balaban J connectivity index is 1.31. The summed E-state index contributed by atoms with van der Waals surface area (Å²) in [6.45, 7) is 8.23. The van der Waals surface area contributed by atoms with Crippen LogP contribution in [0.25, 0.3) is 10.2 Å². The van der Waals surface area contributed by atoms with Crippen molar-refractivity contribution < 1.29 is 4.74 Å². The van der Waals surface area contributed by atoms with E-state index in [0.29, 0.717) is 11.9 Å². The molecule has 2 aromatic heterocycles. The SMILES string of the molecule is Cc1cc(Oc2ccc3c(c2)CCN(C(C)c2ccc4scnc4c2)CC3)nc(C)n1. The summed E-state index contributed by atoms with van der Waals surface area (Å²) in [5, 5.41) is 0. The standard InChI is InChI=1S/C25H26N4OS/c1-16-12-25(28-18(3)27-16)30-22-6-4-19-8-10-29(11-9-21(19)13-22)17(2)20-5-7-24-23(14-20)26-15-31-24/h4-7,12-15,17H,8-11H2,1-3H3. The predicted molar refractivity (Wildman–Crippen MR) is 125 cm³/mol. The lowest BCUT2D eigenvalue weighted by molar-refractivity contribution is 0.221. The van der Waals surface area contributed by atoms with Gasteiger partial charge in [0.1, 0.15) is 11.6 Å². The molecule has 5 nitrogen and oxygen atoms in total. The molecule has 2 aromatic carbocycles. The van der Waals surface area contributed by atoms with Gasteiger partial charge in [-0.25, -0.2) is 9.97 Å². The summed E-state index contributed by atoms with van der Waals surface area (Å²) in [6.07, 6.45) is 2.06. The summed E-state index contributed by atoms with van der Waals surface area (Å²) in [7, 11) is 0. The zero-order valence-electron chi connectivity index (χ0n) is 18.1. The van der Waals surface area contributed by atoms with Crippen LogP contribution in [0.1, 0.15) is 41.2 Å². The Morgan fingerprint density at radius 3 is 2.65 bits per heavy atom. The van der Waals surface area contributed by atoms with Crippen LogP contribution in [-0.4, -0.2) is 32.9 Å². The fraction of sp³-hybridized carbons (Fsp3) is 0.320. The lowest BCUT2D eigenvalue weighted by Gasteiger charge is -2.28. The zero-order valence-corrected chi connectivity index (χ0v) is 18.9. The molecule has 5 rings (SSSR count). The van der Waals surface area contributed by atoms with E-state index in [9.17, 15) is 0 Å². The minimum absolute atomic E-state index is 0.364. The van der Waals surface area contributed by atoms with Crippen LogP contribution in [0.15, 0.2) is 48.0 Å². The Kier molecular flexibility index (Phi) is 5.42. The van der Waals surface area contributed by atoms with E-state index in [4.69, 9.17) is 4.74 Å². The number of benzene rings is 2. The highest BCUT2D eigenvalue weighted by Gasteiger charge is 2.21. The Labute approximate surface area is 186 Å². The molecule has 4 aromatic rings. The van der Waals surface area contributed by atoms with Gasteiger partial charge in [0, 0.05) is 30.9 Å². The summed E-state index contributed by atoms with van der Waals surface area (Å²) < 4.78 is 7.30. The Hall–Kier alpha value is -2.83. The molecule has 1 unspecified atom stereocenters. The van der Waals surface area contributed by atoms with E-state index in [0.717, 1.165) is 48.7 Å². The first-order chi connectivity index (χ1) is 15.0. The monoisotopic (exact) mass is 430 g/mol. The van der Waals surface area contributed by atoms with Crippen LogP contribution < -0.4 is 4.74 Å². The van der Waals surface area contributed by atoms with E-state index in [1.807, 2.05) is 25.4 Å². The van der Waals surface area contributed by atoms with E-state index in [1.54, 1.807) is 11.3 Å². The van der Waals surface area contributed by atoms with E-state index in [2.05, 4.69) is 63.2 Å². The number of thiazole rings is 1. The molecule has 6 heteroatoms. The van der Waals surface area contributed by atoms with E-state index in [-0.39, 0.29) is 0 Å². The second-order valence-electron chi connectivity index (χ2n) is 8.22. The van der Waals surface area contributed by atoms with Crippen molar-refractivity contribution in [3.05, 3.63) is 76.2 Å². The van der Waals surface area contributed by atoms with Gasteiger partial charge in [-0.1, -0.05) is 12.1 Å². The highest BCUT2D eigenvalue weighted by atomic mass is 32.1. The first-order valence-corrected chi connectivity index (χ1v) is 11.6. The number of aromatic nitrogens is 3. The topological polar surface area (TPSA) is 51.1 Å². The number of hydrogen-bond donors (Lipinski definition) is 0. The molecule has 0 radical (unpaired) electrons. The lowest BCUT2D eigenvalue weighted by Crippen LogP contribution is -2.29. The molecule has 0 N–H and O–H groups in total. The first-order valence-electron chi connectivity index (χ1n) is 10.7. The predicted octanol–water partition coefficient (Wildman–Crippen LogP) is 5.66. The van der Waals surface area contributed by atoms with Crippen molar-refractivity contribution in [3.63, 3.8) is 0 Å². The van der Waals surface area contributed by atoms with Crippen LogP contribution in [-0.2, 0) is 12.8 Å². The molecule has 0 saturated heterocycles. The molecule has 0 aliphatic carbocycles. The van der Waals surface area contributed by atoms with Crippen molar-refractivity contribution in [3.8, 4) is 11.6 Å². The highest BCUT2D eigenvalue weighted by molar-refractivity contribution is 7.16. The van der Waals surface area contributed by atoms with Crippen LogP contribution >= 0.6 is 11.3 Å². The fourth-order valence-electron chi connectivity index (χ4n) is 4.37. The number of fused-ring (bicyclic) bond motifs is 2. The van der Waals surface area contributed by atoms with Crippen molar-refractivity contribution >= 4 is 21.6 Å². The summed E-state index contributed by atoms with van der Waals surface area (Å²) >= 11 is 1.70. The Morgan fingerprint density at radius 2 is 1.81 bits per heavy atom. The van der Waals surface area contributed by atoms with Crippen LogP contribution in [0.2, 0.25) is 0 Å². The van der Waals surface area contributed by atoms with E-state index in [1.165, 1.54) is 21.4 Å². The Morgan fingerprint density at radius 1 is 0.968 bits per heavy atom. The summed E-state index contributed by atoms with van der Waals surface area (Å²) in [5.74, 6) is 2.17. The zero-order chi connectivity index (χ0) is 21.4. The van der Waals surface area contributed by atoms with Crippen LogP contribution in [0.3, 0.4) is 0 Å². The smallest absolute Gasteiger partial charge is 0.222 e. The average Bonchev–Trinajstić information content (AvgIpc) is 3.11. The average molecular weight is 431 g/mol. The van der Waals surface area contributed by atoms with Crippen molar-refractivity contribution in [2.45, 2.75) is 39.7 Å². The number of hydrogen-bond acceptors (Lipinski definition) is 6. The van der Waals surface area contributed by atoms with Crippen LogP contribution in [0.5, 0.6) is 11.6 Å². The van der Waals surface area contributed by atoms with Crippen molar-refractivity contribution in [1.82, 2.24) is 19.9 Å². The summed E-state index contributed by atoms with van der Waals surface area (Å²) in [4.78, 5) is 15.8. The molecule has 158 valence electrons. The highest BCUT2D eigenvalue weighted by Crippen LogP contribution is 2.30. The first kappa shape index (κ1) is 20.1. The van der Waals surface area contributed by atoms with Gasteiger partial charge in [-0.2, -0.15) is 4.98 Å². The molecular formula is C25H26N4OS. The number of nitrogens with zero attached hydrogens (tertiary/aromatic N) is 4. The van der Waals surface area contributed by atoms with Gasteiger partial charge in [0.05, 0.1) is 15.7 Å². The van der Waals surface area contributed by atoms with Crippen molar-refractivity contribution in [2.24, 2.45) is 0 Å². The second kappa shape index (κ2) is 8.36. The molecule has 1 atom stereocenters. The van der Waals surface area contributed by atoms with Crippen LogP contribution in [0.4, 0.5) is 0 Å².